The average molecular weight is 315 g/mol. The van der Waals surface area contributed by atoms with Gasteiger partial charge in [-0.3, -0.25) is 0 Å². The third-order valence-electron chi connectivity index (χ3n) is 3.82. The van der Waals surface area contributed by atoms with E-state index in [1.165, 1.54) is 5.56 Å². The van der Waals surface area contributed by atoms with Crippen LogP contribution in [0.5, 0.6) is 17.2 Å². The van der Waals surface area contributed by atoms with E-state index in [-0.39, 0.29) is 0 Å². The highest BCUT2D eigenvalue weighted by atomic mass is 16.5. The molecule has 0 aromatic heterocycles. The quantitative estimate of drug-likeness (QED) is 0.810. The van der Waals surface area contributed by atoms with Gasteiger partial charge in [0.2, 0.25) is 0 Å². The normalized spacial score (nSPS) is 11.8. The van der Waals surface area contributed by atoms with Crippen molar-refractivity contribution in [2.75, 3.05) is 21.3 Å². The number of hydrogen-bond donors (Lipinski definition) is 1. The molecule has 2 aromatic rings. The molecule has 1 N–H and O–H groups in total. The molecule has 1 unspecified atom stereocenters. The molecule has 4 nitrogen and oxygen atoms in total. The Balaban J connectivity index is 1.95. The van der Waals surface area contributed by atoms with Gasteiger partial charge in [0.05, 0.1) is 21.3 Å². The Hall–Kier alpha value is -2.20. The first-order valence-electron chi connectivity index (χ1n) is 7.74. The topological polar surface area (TPSA) is 39.7 Å². The van der Waals surface area contributed by atoms with Crippen molar-refractivity contribution >= 4 is 0 Å². The van der Waals surface area contributed by atoms with Crippen LogP contribution in [0.1, 0.15) is 18.1 Å². The van der Waals surface area contributed by atoms with Crippen LogP contribution in [-0.4, -0.2) is 27.4 Å². The highest BCUT2D eigenvalue weighted by molar-refractivity contribution is 5.43. The van der Waals surface area contributed by atoms with E-state index in [9.17, 15) is 0 Å². The molecule has 0 aliphatic rings. The summed E-state index contributed by atoms with van der Waals surface area (Å²) in [4.78, 5) is 0. The minimum Gasteiger partial charge on any atom is -0.496 e. The van der Waals surface area contributed by atoms with Gasteiger partial charge in [0.25, 0.3) is 0 Å². The number of rotatable bonds is 8. The Morgan fingerprint density at radius 3 is 2.26 bits per heavy atom. The number of methoxy groups -OCH3 is 3. The summed E-state index contributed by atoms with van der Waals surface area (Å²) >= 11 is 0. The zero-order valence-corrected chi connectivity index (χ0v) is 14.3. The van der Waals surface area contributed by atoms with E-state index in [4.69, 9.17) is 14.2 Å². The number of ether oxygens (including phenoxy) is 3. The maximum absolute atomic E-state index is 5.38. The molecule has 0 aliphatic heterocycles. The largest absolute Gasteiger partial charge is 0.496 e. The lowest BCUT2D eigenvalue weighted by molar-refractivity contribution is 0.354. The van der Waals surface area contributed by atoms with Crippen molar-refractivity contribution in [2.45, 2.75) is 25.9 Å². The standard InChI is InChI=1S/C19H25NO3/c1-14(20-13-16-7-5-6-8-17(16)21-2)11-15-9-10-18(22-3)19(12-15)23-4/h5-10,12,14,20H,11,13H2,1-4H3. The van der Waals surface area contributed by atoms with Crippen molar-refractivity contribution in [1.82, 2.24) is 5.32 Å². The summed E-state index contributed by atoms with van der Waals surface area (Å²) < 4.78 is 16.0. The minimum atomic E-state index is 0.331. The molecule has 2 aromatic carbocycles. The smallest absolute Gasteiger partial charge is 0.160 e. The van der Waals surface area contributed by atoms with E-state index in [1.54, 1.807) is 21.3 Å². The van der Waals surface area contributed by atoms with Gasteiger partial charge in [-0.2, -0.15) is 0 Å². The lowest BCUT2D eigenvalue weighted by Gasteiger charge is -2.16. The van der Waals surface area contributed by atoms with E-state index in [0.717, 1.165) is 35.8 Å². The van der Waals surface area contributed by atoms with E-state index in [2.05, 4.69) is 24.4 Å². The maximum atomic E-state index is 5.38. The van der Waals surface area contributed by atoms with Crippen molar-refractivity contribution in [3.63, 3.8) is 0 Å². The Labute approximate surface area is 138 Å². The third-order valence-corrected chi connectivity index (χ3v) is 3.82. The Kier molecular flexibility index (Phi) is 6.29. The number of para-hydroxylation sites is 1. The Bertz CT molecular complexity index is 628. The monoisotopic (exact) mass is 315 g/mol. The fourth-order valence-corrected chi connectivity index (χ4v) is 2.57. The molecule has 0 radical (unpaired) electrons. The molecule has 0 saturated carbocycles. The first kappa shape index (κ1) is 17.2. The van der Waals surface area contributed by atoms with Gasteiger partial charge < -0.3 is 19.5 Å². The second-order valence-corrected chi connectivity index (χ2v) is 5.49. The van der Waals surface area contributed by atoms with Crippen molar-refractivity contribution in [3.05, 3.63) is 53.6 Å². The predicted octanol–water partition coefficient (Wildman–Crippen LogP) is 3.43. The second kappa shape index (κ2) is 8.44. The van der Waals surface area contributed by atoms with Gasteiger partial charge in [-0.15, -0.1) is 0 Å². The van der Waals surface area contributed by atoms with Crippen LogP contribution in [0, 0.1) is 0 Å². The molecule has 1 atom stereocenters. The highest BCUT2D eigenvalue weighted by Crippen LogP contribution is 2.28. The summed E-state index contributed by atoms with van der Waals surface area (Å²) in [5.41, 5.74) is 2.37. The zero-order valence-electron chi connectivity index (χ0n) is 14.3. The van der Waals surface area contributed by atoms with Gasteiger partial charge >= 0.3 is 0 Å². The van der Waals surface area contributed by atoms with Crippen LogP contribution in [-0.2, 0) is 13.0 Å². The second-order valence-electron chi connectivity index (χ2n) is 5.49. The summed E-state index contributed by atoms with van der Waals surface area (Å²) in [6, 6.07) is 14.4. The van der Waals surface area contributed by atoms with Gasteiger partial charge in [0, 0.05) is 18.2 Å². The fourth-order valence-electron chi connectivity index (χ4n) is 2.57. The Morgan fingerprint density at radius 1 is 0.870 bits per heavy atom. The van der Waals surface area contributed by atoms with Crippen LogP contribution in [0.2, 0.25) is 0 Å². The molecule has 4 heteroatoms. The van der Waals surface area contributed by atoms with Crippen molar-refractivity contribution in [2.24, 2.45) is 0 Å². The molecule has 2 rings (SSSR count). The van der Waals surface area contributed by atoms with Crippen LogP contribution in [0.3, 0.4) is 0 Å². The van der Waals surface area contributed by atoms with Crippen LogP contribution in [0.4, 0.5) is 0 Å². The van der Waals surface area contributed by atoms with Crippen molar-refractivity contribution in [3.8, 4) is 17.2 Å². The number of nitrogens with one attached hydrogen (secondary N) is 1. The molecular formula is C19H25NO3. The maximum Gasteiger partial charge on any atom is 0.160 e. The number of hydrogen-bond acceptors (Lipinski definition) is 4. The molecule has 0 bridgehead atoms. The molecule has 124 valence electrons. The van der Waals surface area contributed by atoms with Gasteiger partial charge in [-0.1, -0.05) is 24.3 Å². The molecule has 0 spiro atoms. The summed E-state index contributed by atoms with van der Waals surface area (Å²) in [5, 5.41) is 3.54. The van der Waals surface area contributed by atoms with Crippen LogP contribution >= 0.6 is 0 Å². The molecule has 0 aliphatic carbocycles. The van der Waals surface area contributed by atoms with E-state index in [1.807, 2.05) is 30.3 Å². The minimum absolute atomic E-state index is 0.331. The van der Waals surface area contributed by atoms with Gasteiger partial charge in [0.15, 0.2) is 11.5 Å². The molecule has 23 heavy (non-hydrogen) atoms. The van der Waals surface area contributed by atoms with Gasteiger partial charge in [-0.05, 0) is 37.1 Å². The van der Waals surface area contributed by atoms with Crippen LogP contribution in [0.25, 0.3) is 0 Å². The van der Waals surface area contributed by atoms with Gasteiger partial charge in [-0.25, -0.2) is 0 Å². The molecule has 0 amide bonds. The Morgan fingerprint density at radius 2 is 1.57 bits per heavy atom. The summed E-state index contributed by atoms with van der Waals surface area (Å²) in [6.07, 6.45) is 0.912. The molecule has 0 saturated heterocycles. The molecule has 0 fully saturated rings. The summed E-state index contributed by atoms with van der Waals surface area (Å²) in [7, 11) is 5.01. The summed E-state index contributed by atoms with van der Waals surface area (Å²) in [5.74, 6) is 2.44. The molecule has 0 heterocycles. The van der Waals surface area contributed by atoms with Crippen molar-refractivity contribution < 1.29 is 14.2 Å². The van der Waals surface area contributed by atoms with Gasteiger partial charge in [0.1, 0.15) is 5.75 Å². The third kappa shape index (κ3) is 4.63. The van der Waals surface area contributed by atoms with E-state index < -0.39 is 0 Å². The first-order valence-corrected chi connectivity index (χ1v) is 7.74. The van der Waals surface area contributed by atoms with E-state index in [0.29, 0.717) is 6.04 Å². The fraction of sp³-hybridized carbons (Fsp3) is 0.368. The average Bonchev–Trinajstić information content (AvgIpc) is 2.60. The molecular weight excluding hydrogens is 290 g/mol. The number of benzene rings is 2. The van der Waals surface area contributed by atoms with Crippen molar-refractivity contribution in [1.29, 1.82) is 0 Å². The van der Waals surface area contributed by atoms with Crippen LogP contribution in [0.15, 0.2) is 42.5 Å². The SMILES string of the molecule is COc1ccccc1CNC(C)Cc1ccc(OC)c(OC)c1. The van der Waals surface area contributed by atoms with Crippen LogP contribution < -0.4 is 19.5 Å². The van der Waals surface area contributed by atoms with E-state index >= 15 is 0 Å². The zero-order chi connectivity index (χ0) is 16.7. The highest BCUT2D eigenvalue weighted by Gasteiger charge is 2.09. The summed E-state index contributed by atoms with van der Waals surface area (Å²) in [6.45, 7) is 2.95. The first-order chi connectivity index (χ1) is 11.2. The lowest BCUT2D eigenvalue weighted by atomic mass is 10.1. The predicted molar refractivity (Wildman–Crippen MR) is 92.5 cm³/mol. The lowest BCUT2D eigenvalue weighted by Crippen LogP contribution is -2.27.